The van der Waals surface area contributed by atoms with Gasteiger partial charge < -0.3 is 54.0 Å². The van der Waals surface area contributed by atoms with Crippen LogP contribution in [-0.4, -0.2) is 97.4 Å². The Labute approximate surface area is 220 Å². The highest BCUT2D eigenvalue weighted by molar-refractivity contribution is 5.62. The Morgan fingerprint density at radius 1 is 0.842 bits per heavy atom. The molecule has 2 heterocycles. The lowest BCUT2D eigenvalue weighted by molar-refractivity contribution is -0.298. The average molecular weight is 535 g/mol. The quantitative estimate of drug-likeness (QED) is 0.293. The molecule has 7 unspecified atom stereocenters. The lowest BCUT2D eigenvalue weighted by atomic mass is 9.90. The lowest BCUT2D eigenvalue weighted by Crippen LogP contribution is -2.59. The van der Waals surface area contributed by atoms with E-state index >= 15 is 0 Å². The topological polar surface area (TPSA) is 157 Å². The van der Waals surface area contributed by atoms with Gasteiger partial charge >= 0.3 is 0 Å². The Hall–Kier alpha value is -2.90. The van der Waals surface area contributed by atoms with Gasteiger partial charge in [0.25, 0.3) is 0 Å². The van der Waals surface area contributed by atoms with Crippen molar-refractivity contribution in [2.24, 2.45) is 0 Å². The molecule has 11 heteroatoms. The third-order valence-electron chi connectivity index (χ3n) is 6.78. The van der Waals surface area contributed by atoms with Gasteiger partial charge in [-0.05, 0) is 35.4 Å². The van der Waals surface area contributed by atoms with Crippen LogP contribution in [0.5, 0.6) is 23.0 Å². The van der Waals surface area contributed by atoms with Crippen LogP contribution in [0.25, 0.3) is 6.08 Å². The molecule has 2 aromatic rings. The van der Waals surface area contributed by atoms with Gasteiger partial charge in [0.1, 0.15) is 30.5 Å². The van der Waals surface area contributed by atoms with Gasteiger partial charge in [0.15, 0.2) is 29.3 Å². The Morgan fingerprint density at radius 3 is 2.24 bits per heavy atom. The van der Waals surface area contributed by atoms with E-state index in [9.17, 15) is 25.5 Å². The number of ether oxygens (including phenoxy) is 6. The molecule has 2 aromatic carbocycles. The lowest BCUT2D eigenvalue weighted by Gasteiger charge is -2.39. The van der Waals surface area contributed by atoms with E-state index in [1.807, 2.05) is 18.2 Å². The van der Waals surface area contributed by atoms with Crippen LogP contribution in [0.1, 0.15) is 28.7 Å². The van der Waals surface area contributed by atoms with Crippen molar-refractivity contribution < 1.29 is 54.0 Å². The standard InChI is InChI=1S/C27H34O11/c1-33-18-7-6-15(11-19(18)34-2)25-17(12-28)16-9-14(10-20(35-3)26(16)38-25)5-4-8-36-27-24(32)23(31)22(30)21(13-29)37-27/h4-7,9-11,17,21-25,27-32H,8,12-13H2,1-3H3. The highest BCUT2D eigenvalue weighted by atomic mass is 16.7. The molecule has 0 radical (unpaired) electrons. The summed E-state index contributed by atoms with van der Waals surface area (Å²) >= 11 is 0. The number of rotatable bonds is 10. The van der Waals surface area contributed by atoms with E-state index in [1.54, 1.807) is 38.5 Å². The number of aliphatic hydroxyl groups excluding tert-OH is 5. The molecule has 2 aliphatic heterocycles. The molecule has 4 rings (SSSR count). The smallest absolute Gasteiger partial charge is 0.187 e. The fraction of sp³-hybridized carbons (Fsp3) is 0.481. The van der Waals surface area contributed by atoms with E-state index in [4.69, 9.17) is 28.4 Å². The zero-order chi connectivity index (χ0) is 27.4. The summed E-state index contributed by atoms with van der Waals surface area (Å²) in [5.74, 6) is 1.81. The fourth-order valence-electron chi connectivity index (χ4n) is 4.73. The first kappa shape index (κ1) is 28.1. The van der Waals surface area contributed by atoms with Crippen LogP contribution in [-0.2, 0) is 9.47 Å². The zero-order valence-electron chi connectivity index (χ0n) is 21.4. The second-order valence-electron chi connectivity index (χ2n) is 9.02. The predicted molar refractivity (Wildman–Crippen MR) is 134 cm³/mol. The Kier molecular flexibility index (Phi) is 9.11. The number of benzene rings is 2. The van der Waals surface area contributed by atoms with Crippen molar-refractivity contribution in [2.45, 2.75) is 42.7 Å². The highest BCUT2D eigenvalue weighted by Crippen LogP contribution is 2.51. The molecule has 0 saturated carbocycles. The Balaban J connectivity index is 1.50. The first-order valence-corrected chi connectivity index (χ1v) is 12.2. The third-order valence-corrected chi connectivity index (χ3v) is 6.78. The fourth-order valence-corrected chi connectivity index (χ4v) is 4.73. The Morgan fingerprint density at radius 2 is 1.58 bits per heavy atom. The molecule has 0 spiro atoms. The van der Waals surface area contributed by atoms with E-state index in [2.05, 4.69) is 0 Å². The predicted octanol–water partition coefficient (Wildman–Crippen LogP) is 0.752. The number of fused-ring (bicyclic) bond motifs is 1. The maximum absolute atomic E-state index is 10.3. The van der Waals surface area contributed by atoms with Crippen LogP contribution in [0.2, 0.25) is 0 Å². The first-order valence-electron chi connectivity index (χ1n) is 12.2. The number of methoxy groups -OCH3 is 3. The summed E-state index contributed by atoms with van der Waals surface area (Å²) in [6, 6.07) is 9.15. The molecule has 0 aromatic heterocycles. The van der Waals surface area contributed by atoms with Crippen LogP contribution in [0, 0.1) is 0 Å². The Bertz CT molecular complexity index is 1120. The van der Waals surface area contributed by atoms with Gasteiger partial charge in [-0.2, -0.15) is 0 Å². The van der Waals surface area contributed by atoms with E-state index in [1.165, 1.54) is 7.11 Å². The minimum atomic E-state index is -1.51. The number of aliphatic hydroxyl groups is 5. The van der Waals surface area contributed by atoms with Crippen molar-refractivity contribution in [3.05, 3.63) is 53.1 Å². The zero-order valence-corrected chi connectivity index (χ0v) is 21.4. The van der Waals surface area contributed by atoms with Gasteiger partial charge in [-0.15, -0.1) is 0 Å². The molecule has 1 saturated heterocycles. The van der Waals surface area contributed by atoms with Crippen LogP contribution in [0.15, 0.2) is 36.4 Å². The summed E-state index contributed by atoms with van der Waals surface area (Å²) in [7, 11) is 4.65. The van der Waals surface area contributed by atoms with Gasteiger partial charge in [-0.3, -0.25) is 0 Å². The molecular weight excluding hydrogens is 500 g/mol. The van der Waals surface area contributed by atoms with Gasteiger partial charge in [-0.25, -0.2) is 0 Å². The van der Waals surface area contributed by atoms with Crippen molar-refractivity contribution >= 4 is 6.08 Å². The summed E-state index contributed by atoms with van der Waals surface area (Å²) < 4.78 is 33.4. The summed E-state index contributed by atoms with van der Waals surface area (Å²) in [4.78, 5) is 0. The molecule has 208 valence electrons. The maximum Gasteiger partial charge on any atom is 0.187 e. The van der Waals surface area contributed by atoms with Crippen molar-refractivity contribution in [1.82, 2.24) is 0 Å². The molecule has 38 heavy (non-hydrogen) atoms. The van der Waals surface area contributed by atoms with Gasteiger partial charge in [0, 0.05) is 5.56 Å². The van der Waals surface area contributed by atoms with E-state index in [0.29, 0.717) is 23.0 Å². The average Bonchev–Trinajstić information content (AvgIpc) is 3.32. The monoisotopic (exact) mass is 534 g/mol. The van der Waals surface area contributed by atoms with Crippen molar-refractivity contribution in [3.8, 4) is 23.0 Å². The maximum atomic E-state index is 10.3. The third kappa shape index (κ3) is 5.45. The molecule has 2 aliphatic rings. The summed E-state index contributed by atoms with van der Waals surface area (Å²) in [6.45, 7) is -0.688. The molecule has 5 N–H and O–H groups in total. The van der Waals surface area contributed by atoms with E-state index < -0.39 is 43.4 Å². The molecule has 11 nitrogen and oxygen atoms in total. The molecule has 0 bridgehead atoms. The number of hydrogen-bond donors (Lipinski definition) is 5. The minimum absolute atomic E-state index is 0.0102. The van der Waals surface area contributed by atoms with Crippen molar-refractivity contribution in [1.29, 1.82) is 0 Å². The first-order chi connectivity index (χ1) is 18.4. The summed E-state index contributed by atoms with van der Waals surface area (Å²) in [5.41, 5.74) is 2.35. The van der Waals surface area contributed by atoms with Crippen LogP contribution in [0.3, 0.4) is 0 Å². The van der Waals surface area contributed by atoms with Gasteiger partial charge in [0.05, 0.1) is 47.1 Å². The second kappa shape index (κ2) is 12.3. The normalized spacial score (nSPS) is 28.7. The van der Waals surface area contributed by atoms with Crippen LogP contribution < -0.4 is 18.9 Å². The molecular formula is C27H34O11. The number of hydrogen-bond acceptors (Lipinski definition) is 11. The van der Waals surface area contributed by atoms with Crippen molar-refractivity contribution in [2.75, 3.05) is 41.2 Å². The van der Waals surface area contributed by atoms with Crippen molar-refractivity contribution in [3.63, 3.8) is 0 Å². The summed E-state index contributed by atoms with van der Waals surface area (Å²) in [5, 5.41) is 49.5. The van der Waals surface area contributed by atoms with E-state index in [-0.39, 0.29) is 19.1 Å². The SMILES string of the molecule is COc1ccc(C2Oc3c(OC)cc(C=CCOC4OC(CO)C(O)C(O)C4O)cc3C2CO)cc1OC. The largest absolute Gasteiger partial charge is 0.493 e. The van der Waals surface area contributed by atoms with Gasteiger partial charge in [-0.1, -0.05) is 18.2 Å². The van der Waals surface area contributed by atoms with E-state index in [0.717, 1.165) is 16.7 Å². The molecule has 7 atom stereocenters. The molecule has 1 fully saturated rings. The highest BCUT2D eigenvalue weighted by Gasteiger charge is 2.44. The van der Waals surface area contributed by atoms with Crippen LogP contribution >= 0.6 is 0 Å². The molecule has 0 amide bonds. The minimum Gasteiger partial charge on any atom is -0.493 e. The summed E-state index contributed by atoms with van der Waals surface area (Å²) in [6.07, 6.45) is -3.73. The second-order valence-corrected chi connectivity index (χ2v) is 9.02. The van der Waals surface area contributed by atoms with Crippen LogP contribution in [0.4, 0.5) is 0 Å². The van der Waals surface area contributed by atoms with Gasteiger partial charge in [0.2, 0.25) is 0 Å². The molecule has 0 aliphatic carbocycles.